The number of carboxylic acids is 1. The first-order valence-corrected chi connectivity index (χ1v) is 7.33. The SMILES string of the molecule is C[C@H](O)[C@H](NS(=O)(=O)c1ccc2c(c1)OC(F)(F)O2)C(=O)O. The first-order chi connectivity index (χ1) is 10.0. The molecule has 1 aromatic rings. The second kappa shape index (κ2) is 5.34. The molecule has 1 aliphatic rings. The van der Waals surface area contributed by atoms with Crippen LogP contribution >= 0.6 is 0 Å². The van der Waals surface area contributed by atoms with E-state index in [1.165, 1.54) is 0 Å². The van der Waals surface area contributed by atoms with Crippen molar-refractivity contribution >= 4 is 16.0 Å². The third-order valence-corrected chi connectivity index (χ3v) is 4.15. The molecule has 8 nitrogen and oxygen atoms in total. The Kier molecular flexibility index (Phi) is 3.98. The van der Waals surface area contributed by atoms with Gasteiger partial charge in [0.15, 0.2) is 11.5 Å². The second-order valence-electron chi connectivity index (χ2n) is 4.45. The summed E-state index contributed by atoms with van der Waals surface area (Å²) in [7, 11) is -4.38. The van der Waals surface area contributed by atoms with Crippen molar-refractivity contribution in [1.29, 1.82) is 0 Å². The Morgan fingerprint density at radius 2 is 1.91 bits per heavy atom. The van der Waals surface area contributed by atoms with Crippen LogP contribution < -0.4 is 14.2 Å². The number of halogens is 2. The van der Waals surface area contributed by atoms with Crippen LogP contribution in [0.3, 0.4) is 0 Å². The standard InChI is InChI=1S/C11H11F2NO7S/c1-5(15)9(10(16)17)14-22(18,19)6-2-3-7-8(4-6)21-11(12,13)20-7/h2-5,9,14-15H,1H3,(H,16,17)/t5-,9-/m0/s1. The van der Waals surface area contributed by atoms with E-state index in [0.29, 0.717) is 0 Å². The largest absolute Gasteiger partial charge is 0.586 e. The van der Waals surface area contributed by atoms with Crippen molar-refractivity contribution in [3.05, 3.63) is 18.2 Å². The van der Waals surface area contributed by atoms with Gasteiger partial charge >= 0.3 is 12.3 Å². The van der Waals surface area contributed by atoms with Crippen molar-refractivity contribution in [2.75, 3.05) is 0 Å². The van der Waals surface area contributed by atoms with Crippen molar-refractivity contribution < 1.29 is 41.7 Å². The van der Waals surface area contributed by atoms with E-state index in [4.69, 9.17) is 5.11 Å². The normalized spacial score (nSPS) is 18.7. The van der Waals surface area contributed by atoms with Crippen LogP contribution in [0, 0.1) is 0 Å². The fourth-order valence-corrected chi connectivity index (χ4v) is 2.96. The molecule has 0 radical (unpaired) electrons. The number of alkyl halides is 2. The molecular weight excluding hydrogens is 328 g/mol. The third-order valence-electron chi connectivity index (χ3n) is 2.71. The van der Waals surface area contributed by atoms with Gasteiger partial charge in [0.05, 0.1) is 11.0 Å². The predicted molar refractivity (Wildman–Crippen MR) is 66.1 cm³/mol. The van der Waals surface area contributed by atoms with Gasteiger partial charge in [-0.15, -0.1) is 8.78 Å². The van der Waals surface area contributed by atoms with Crippen LogP contribution in [0.15, 0.2) is 23.1 Å². The quantitative estimate of drug-likeness (QED) is 0.696. The summed E-state index contributed by atoms with van der Waals surface area (Å²) in [4.78, 5) is 10.4. The number of hydrogen-bond acceptors (Lipinski definition) is 6. The molecule has 0 spiro atoms. The molecule has 0 saturated heterocycles. The zero-order valence-corrected chi connectivity index (χ0v) is 11.8. The van der Waals surface area contributed by atoms with Crippen molar-refractivity contribution in [3.63, 3.8) is 0 Å². The third kappa shape index (κ3) is 3.26. The van der Waals surface area contributed by atoms with Gasteiger partial charge in [0.25, 0.3) is 0 Å². The highest BCUT2D eigenvalue weighted by Crippen LogP contribution is 2.41. The number of aliphatic hydroxyl groups excluding tert-OH is 1. The minimum Gasteiger partial charge on any atom is -0.480 e. The van der Waals surface area contributed by atoms with E-state index >= 15 is 0 Å². The molecule has 22 heavy (non-hydrogen) atoms. The Balaban J connectivity index is 2.30. The minimum absolute atomic E-state index is 0.353. The van der Waals surface area contributed by atoms with Crippen LogP contribution in [-0.2, 0) is 14.8 Å². The number of carboxylic acid groups (broad SMARTS) is 1. The molecule has 0 aliphatic carbocycles. The molecular formula is C11H11F2NO7S. The van der Waals surface area contributed by atoms with Crippen LogP contribution in [-0.4, -0.2) is 43.0 Å². The van der Waals surface area contributed by atoms with Gasteiger partial charge in [0.2, 0.25) is 10.0 Å². The van der Waals surface area contributed by atoms with Gasteiger partial charge < -0.3 is 19.7 Å². The van der Waals surface area contributed by atoms with Crippen molar-refractivity contribution in [2.45, 2.75) is 30.3 Å². The van der Waals surface area contributed by atoms with E-state index in [2.05, 4.69) is 9.47 Å². The van der Waals surface area contributed by atoms with E-state index in [1.807, 2.05) is 0 Å². The van der Waals surface area contributed by atoms with Crippen LogP contribution in [0.1, 0.15) is 6.92 Å². The summed E-state index contributed by atoms with van der Waals surface area (Å²) >= 11 is 0. The summed E-state index contributed by atoms with van der Waals surface area (Å²) in [5.41, 5.74) is 0. The van der Waals surface area contributed by atoms with E-state index in [-0.39, 0.29) is 5.75 Å². The lowest BCUT2D eigenvalue weighted by Crippen LogP contribution is -2.47. The van der Waals surface area contributed by atoms with Gasteiger partial charge in [-0.1, -0.05) is 0 Å². The second-order valence-corrected chi connectivity index (χ2v) is 6.17. The number of sulfonamides is 1. The Labute approximate surface area is 123 Å². The van der Waals surface area contributed by atoms with Gasteiger partial charge in [-0.3, -0.25) is 4.79 Å². The molecule has 11 heteroatoms. The number of aliphatic hydroxyl groups is 1. The summed E-state index contributed by atoms with van der Waals surface area (Å²) in [5, 5.41) is 18.1. The molecule has 2 atom stereocenters. The average Bonchev–Trinajstić information content (AvgIpc) is 2.67. The molecule has 122 valence electrons. The fourth-order valence-electron chi connectivity index (χ4n) is 1.69. The maximum Gasteiger partial charge on any atom is 0.586 e. The number of rotatable bonds is 5. The summed E-state index contributed by atoms with van der Waals surface area (Å²) in [6, 6.07) is 0.854. The van der Waals surface area contributed by atoms with E-state index in [1.54, 1.807) is 4.72 Å². The van der Waals surface area contributed by atoms with Crippen LogP contribution in [0.4, 0.5) is 8.78 Å². The lowest BCUT2D eigenvalue weighted by Gasteiger charge is -2.17. The molecule has 0 unspecified atom stereocenters. The maximum absolute atomic E-state index is 12.9. The van der Waals surface area contributed by atoms with Crippen LogP contribution in [0.2, 0.25) is 0 Å². The molecule has 0 fully saturated rings. The van der Waals surface area contributed by atoms with E-state index < -0.39 is 45.1 Å². The van der Waals surface area contributed by atoms with Gasteiger partial charge in [-0.25, -0.2) is 8.42 Å². The zero-order valence-electron chi connectivity index (χ0n) is 11.0. The predicted octanol–water partition coefficient (Wildman–Crippen LogP) is 0.120. The Morgan fingerprint density at radius 3 is 2.45 bits per heavy atom. The molecule has 0 aromatic heterocycles. The molecule has 1 aliphatic heterocycles. The first kappa shape index (κ1) is 16.4. The van der Waals surface area contributed by atoms with Crippen molar-refractivity contribution in [2.24, 2.45) is 0 Å². The Morgan fingerprint density at radius 1 is 1.32 bits per heavy atom. The highest BCUT2D eigenvalue weighted by atomic mass is 32.2. The maximum atomic E-state index is 12.9. The molecule has 0 amide bonds. The highest BCUT2D eigenvalue weighted by molar-refractivity contribution is 7.89. The Hall–Kier alpha value is -1.98. The number of hydrogen-bond donors (Lipinski definition) is 3. The van der Waals surface area contributed by atoms with Crippen molar-refractivity contribution in [3.8, 4) is 11.5 Å². The molecule has 1 heterocycles. The molecule has 1 aromatic carbocycles. The van der Waals surface area contributed by atoms with Crippen molar-refractivity contribution in [1.82, 2.24) is 4.72 Å². The summed E-state index contributed by atoms with van der Waals surface area (Å²) in [6.07, 6.45) is -5.41. The number of aliphatic carboxylic acids is 1. The monoisotopic (exact) mass is 339 g/mol. The summed E-state index contributed by atoms with van der Waals surface area (Å²) in [5.74, 6) is -2.45. The van der Waals surface area contributed by atoms with E-state index in [0.717, 1.165) is 25.1 Å². The number of nitrogens with one attached hydrogen (secondary N) is 1. The molecule has 0 saturated carbocycles. The molecule has 2 rings (SSSR count). The van der Waals surface area contributed by atoms with E-state index in [9.17, 15) is 27.1 Å². The number of ether oxygens (including phenoxy) is 2. The van der Waals surface area contributed by atoms with Crippen LogP contribution in [0.25, 0.3) is 0 Å². The Bertz CT molecular complexity index is 704. The summed E-state index contributed by atoms with van der Waals surface area (Å²) in [6.45, 7) is 1.08. The van der Waals surface area contributed by atoms with Gasteiger partial charge in [-0.05, 0) is 19.1 Å². The fraction of sp³-hybridized carbons (Fsp3) is 0.364. The first-order valence-electron chi connectivity index (χ1n) is 5.85. The highest BCUT2D eigenvalue weighted by Gasteiger charge is 2.44. The average molecular weight is 339 g/mol. The molecule has 3 N–H and O–H groups in total. The lowest BCUT2D eigenvalue weighted by atomic mass is 10.2. The van der Waals surface area contributed by atoms with Gasteiger partial charge in [-0.2, -0.15) is 4.72 Å². The smallest absolute Gasteiger partial charge is 0.480 e. The summed E-state index contributed by atoms with van der Waals surface area (Å²) < 4.78 is 59.8. The topological polar surface area (TPSA) is 122 Å². The van der Waals surface area contributed by atoms with Gasteiger partial charge in [0.1, 0.15) is 6.04 Å². The molecule has 0 bridgehead atoms. The number of benzene rings is 1. The van der Waals surface area contributed by atoms with Gasteiger partial charge in [0, 0.05) is 6.07 Å². The zero-order chi connectivity index (χ0) is 16.7. The minimum atomic E-state index is -4.38. The lowest BCUT2D eigenvalue weighted by molar-refractivity contribution is -0.286. The number of carbonyl (C=O) groups is 1. The number of fused-ring (bicyclic) bond motifs is 1. The van der Waals surface area contributed by atoms with Crippen LogP contribution in [0.5, 0.6) is 11.5 Å².